The van der Waals surface area contributed by atoms with E-state index in [9.17, 15) is 4.39 Å². The van der Waals surface area contributed by atoms with Crippen molar-refractivity contribution in [3.63, 3.8) is 0 Å². The Hall–Kier alpha value is -1.09. The molecule has 1 N–H and O–H groups in total. The molecule has 1 unspecified atom stereocenters. The second-order valence-corrected chi connectivity index (χ2v) is 5.41. The standard InChI is InChI=1S/C16H24FNO/c1-18-16(12-7-5-3-4-6-8-12)13-9-10-15(19-2)14(17)11-13/h9-12,16,18H,3-8H2,1-2H3. The highest BCUT2D eigenvalue weighted by molar-refractivity contribution is 5.31. The van der Waals surface area contributed by atoms with Crippen LogP contribution in [0.15, 0.2) is 18.2 Å². The monoisotopic (exact) mass is 265 g/mol. The molecule has 0 aliphatic heterocycles. The summed E-state index contributed by atoms with van der Waals surface area (Å²) in [5, 5.41) is 3.37. The molecule has 0 spiro atoms. The number of benzene rings is 1. The molecular formula is C16H24FNO. The van der Waals surface area contributed by atoms with Crippen molar-refractivity contribution in [2.45, 2.75) is 44.6 Å². The van der Waals surface area contributed by atoms with Gasteiger partial charge in [0.2, 0.25) is 0 Å². The van der Waals surface area contributed by atoms with Crippen molar-refractivity contribution >= 4 is 0 Å². The van der Waals surface area contributed by atoms with Crippen LogP contribution < -0.4 is 10.1 Å². The maximum absolute atomic E-state index is 13.8. The van der Waals surface area contributed by atoms with Crippen LogP contribution in [0.3, 0.4) is 0 Å². The zero-order valence-electron chi connectivity index (χ0n) is 11.9. The highest BCUT2D eigenvalue weighted by atomic mass is 19.1. The Bertz CT molecular complexity index is 400. The molecule has 0 saturated heterocycles. The van der Waals surface area contributed by atoms with Gasteiger partial charge in [-0.3, -0.25) is 0 Å². The lowest BCUT2D eigenvalue weighted by Crippen LogP contribution is -2.25. The van der Waals surface area contributed by atoms with Crippen LogP contribution >= 0.6 is 0 Å². The Kier molecular flexibility index (Phi) is 5.20. The summed E-state index contributed by atoms with van der Waals surface area (Å²) >= 11 is 0. The molecule has 0 aromatic heterocycles. The molecule has 1 aromatic rings. The second-order valence-electron chi connectivity index (χ2n) is 5.41. The third kappa shape index (κ3) is 3.47. The van der Waals surface area contributed by atoms with Gasteiger partial charge in [-0.15, -0.1) is 0 Å². The summed E-state index contributed by atoms with van der Waals surface area (Å²) in [6, 6.07) is 5.57. The van der Waals surface area contributed by atoms with E-state index in [0.717, 1.165) is 5.56 Å². The Morgan fingerprint density at radius 1 is 1.21 bits per heavy atom. The van der Waals surface area contributed by atoms with Crippen LogP contribution in [0.5, 0.6) is 5.75 Å². The molecule has 1 aliphatic carbocycles. The Morgan fingerprint density at radius 2 is 1.89 bits per heavy atom. The quantitative estimate of drug-likeness (QED) is 0.829. The molecule has 0 amide bonds. The van der Waals surface area contributed by atoms with E-state index in [4.69, 9.17) is 4.74 Å². The SMILES string of the molecule is CNC(c1ccc(OC)c(F)c1)C1CCCCCC1. The number of nitrogens with one attached hydrogen (secondary N) is 1. The first-order valence-electron chi connectivity index (χ1n) is 7.27. The van der Waals surface area contributed by atoms with Gasteiger partial charge in [-0.1, -0.05) is 31.7 Å². The van der Waals surface area contributed by atoms with Crippen molar-refractivity contribution in [3.8, 4) is 5.75 Å². The van der Waals surface area contributed by atoms with Crippen LogP contribution in [0, 0.1) is 11.7 Å². The van der Waals surface area contributed by atoms with Crippen molar-refractivity contribution in [2.24, 2.45) is 5.92 Å². The van der Waals surface area contributed by atoms with Crippen molar-refractivity contribution in [1.82, 2.24) is 5.32 Å². The van der Waals surface area contributed by atoms with E-state index in [1.54, 1.807) is 12.1 Å². The molecular weight excluding hydrogens is 241 g/mol. The summed E-state index contributed by atoms with van der Waals surface area (Å²) in [5.74, 6) is 0.661. The number of hydrogen-bond donors (Lipinski definition) is 1. The van der Waals surface area contributed by atoms with Crippen molar-refractivity contribution < 1.29 is 9.13 Å². The first-order chi connectivity index (χ1) is 9.26. The van der Waals surface area contributed by atoms with Crippen LogP contribution in [0.25, 0.3) is 0 Å². The van der Waals surface area contributed by atoms with Gasteiger partial charge in [0.1, 0.15) is 0 Å². The molecule has 0 radical (unpaired) electrons. The van der Waals surface area contributed by atoms with E-state index in [1.807, 2.05) is 13.1 Å². The minimum atomic E-state index is -0.270. The molecule has 1 aliphatic rings. The van der Waals surface area contributed by atoms with Crippen molar-refractivity contribution in [1.29, 1.82) is 0 Å². The van der Waals surface area contributed by atoms with Crippen LogP contribution in [-0.4, -0.2) is 14.2 Å². The Balaban J connectivity index is 2.18. The smallest absolute Gasteiger partial charge is 0.165 e. The minimum absolute atomic E-state index is 0.249. The third-order valence-electron chi connectivity index (χ3n) is 4.22. The molecule has 1 saturated carbocycles. The lowest BCUT2D eigenvalue weighted by Gasteiger charge is -2.26. The lowest BCUT2D eigenvalue weighted by atomic mass is 9.87. The van der Waals surface area contributed by atoms with Crippen molar-refractivity contribution in [3.05, 3.63) is 29.6 Å². The zero-order valence-corrected chi connectivity index (χ0v) is 11.9. The third-order valence-corrected chi connectivity index (χ3v) is 4.22. The summed E-state index contributed by atoms with van der Waals surface area (Å²) in [6.07, 6.45) is 7.73. The van der Waals surface area contributed by atoms with Crippen molar-refractivity contribution in [2.75, 3.05) is 14.2 Å². The molecule has 1 fully saturated rings. The van der Waals surface area contributed by atoms with Gasteiger partial charge in [0.25, 0.3) is 0 Å². The van der Waals surface area contributed by atoms with Gasteiger partial charge in [0.05, 0.1) is 7.11 Å². The number of hydrogen-bond acceptors (Lipinski definition) is 2. The first kappa shape index (κ1) is 14.3. The largest absolute Gasteiger partial charge is 0.494 e. The van der Waals surface area contributed by atoms with Crippen LogP contribution in [0.4, 0.5) is 4.39 Å². The normalized spacial score (nSPS) is 18.9. The Labute approximate surface area is 115 Å². The molecule has 0 bridgehead atoms. The van der Waals surface area contributed by atoms with E-state index in [0.29, 0.717) is 11.7 Å². The summed E-state index contributed by atoms with van der Waals surface area (Å²) in [7, 11) is 3.47. The zero-order chi connectivity index (χ0) is 13.7. The van der Waals surface area contributed by atoms with Gasteiger partial charge < -0.3 is 10.1 Å². The fraction of sp³-hybridized carbons (Fsp3) is 0.625. The Morgan fingerprint density at radius 3 is 2.42 bits per heavy atom. The van der Waals surface area contributed by atoms with E-state index in [-0.39, 0.29) is 11.9 Å². The predicted octanol–water partition coefficient (Wildman–Crippen LogP) is 4.07. The van der Waals surface area contributed by atoms with Crippen LogP contribution in [-0.2, 0) is 0 Å². The van der Waals surface area contributed by atoms with Crippen LogP contribution in [0.1, 0.15) is 50.1 Å². The summed E-state index contributed by atoms with van der Waals surface area (Å²) in [5.41, 5.74) is 1.03. The average molecular weight is 265 g/mol. The van der Waals surface area contributed by atoms with Gasteiger partial charge in [-0.25, -0.2) is 4.39 Å². The molecule has 1 atom stereocenters. The average Bonchev–Trinajstić information content (AvgIpc) is 2.69. The fourth-order valence-electron chi connectivity index (χ4n) is 3.19. The highest BCUT2D eigenvalue weighted by Crippen LogP contribution is 2.34. The summed E-state index contributed by atoms with van der Waals surface area (Å²) in [6.45, 7) is 0. The number of halogens is 1. The molecule has 0 heterocycles. The van der Waals surface area contributed by atoms with Crippen LogP contribution in [0.2, 0.25) is 0 Å². The molecule has 19 heavy (non-hydrogen) atoms. The molecule has 2 rings (SSSR count). The van der Waals surface area contributed by atoms with Gasteiger partial charge in [0.15, 0.2) is 11.6 Å². The summed E-state index contributed by atoms with van der Waals surface area (Å²) in [4.78, 5) is 0. The molecule has 3 heteroatoms. The number of ether oxygens (including phenoxy) is 1. The topological polar surface area (TPSA) is 21.3 Å². The van der Waals surface area contributed by atoms with Gasteiger partial charge >= 0.3 is 0 Å². The molecule has 2 nitrogen and oxygen atoms in total. The number of rotatable bonds is 4. The lowest BCUT2D eigenvalue weighted by molar-refractivity contribution is 0.339. The molecule has 1 aromatic carbocycles. The second kappa shape index (κ2) is 6.90. The molecule has 106 valence electrons. The van der Waals surface area contributed by atoms with E-state index >= 15 is 0 Å². The van der Waals surface area contributed by atoms with E-state index in [2.05, 4.69) is 5.32 Å². The van der Waals surface area contributed by atoms with Gasteiger partial charge in [0, 0.05) is 6.04 Å². The maximum Gasteiger partial charge on any atom is 0.165 e. The minimum Gasteiger partial charge on any atom is -0.494 e. The van der Waals surface area contributed by atoms with E-state index < -0.39 is 0 Å². The highest BCUT2D eigenvalue weighted by Gasteiger charge is 2.23. The maximum atomic E-state index is 13.8. The predicted molar refractivity (Wildman–Crippen MR) is 75.9 cm³/mol. The fourth-order valence-corrected chi connectivity index (χ4v) is 3.19. The summed E-state index contributed by atoms with van der Waals surface area (Å²) < 4.78 is 18.8. The van der Waals surface area contributed by atoms with Gasteiger partial charge in [-0.05, 0) is 43.5 Å². The number of methoxy groups -OCH3 is 1. The van der Waals surface area contributed by atoms with Gasteiger partial charge in [-0.2, -0.15) is 0 Å². The van der Waals surface area contributed by atoms with E-state index in [1.165, 1.54) is 45.6 Å². The first-order valence-corrected chi connectivity index (χ1v) is 7.27.